The first-order valence-corrected chi connectivity index (χ1v) is 5.75. The van der Waals surface area contributed by atoms with Crippen molar-refractivity contribution in [1.82, 2.24) is 10.3 Å². The monoisotopic (exact) mass is 241 g/mol. The van der Waals surface area contributed by atoms with E-state index >= 15 is 0 Å². The number of nitrogens with zero attached hydrogens (tertiary/aromatic N) is 1. The summed E-state index contributed by atoms with van der Waals surface area (Å²) in [5, 5.41) is 2.85. The molecule has 0 fully saturated rings. The van der Waals surface area contributed by atoms with Gasteiger partial charge in [0.05, 0.1) is 6.42 Å². The fourth-order valence-corrected chi connectivity index (χ4v) is 1.57. The van der Waals surface area contributed by atoms with Crippen molar-refractivity contribution >= 4 is 11.6 Å². The van der Waals surface area contributed by atoms with Crippen molar-refractivity contribution in [3.63, 3.8) is 0 Å². The molecule has 3 N–H and O–H groups in total. The Labute approximate surface area is 106 Å². The summed E-state index contributed by atoms with van der Waals surface area (Å²) in [6, 6.07) is 13.0. The number of carbonyl (C=O) groups excluding carboxylic acids is 1. The van der Waals surface area contributed by atoms with Gasteiger partial charge in [-0.3, -0.25) is 9.78 Å². The van der Waals surface area contributed by atoms with Crippen LogP contribution < -0.4 is 11.1 Å². The van der Waals surface area contributed by atoms with Crippen molar-refractivity contribution in [3.05, 3.63) is 59.9 Å². The lowest BCUT2D eigenvalue weighted by molar-refractivity contribution is -0.120. The summed E-state index contributed by atoms with van der Waals surface area (Å²) in [7, 11) is 0. The summed E-state index contributed by atoms with van der Waals surface area (Å²) in [5.74, 6) is -0.0366. The average Bonchev–Trinajstić information content (AvgIpc) is 2.39. The molecule has 1 heterocycles. The number of nitrogens with one attached hydrogen (secondary N) is 1. The second-order valence-corrected chi connectivity index (χ2v) is 4.02. The van der Waals surface area contributed by atoms with Gasteiger partial charge < -0.3 is 11.1 Å². The van der Waals surface area contributed by atoms with Crippen molar-refractivity contribution in [1.29, 1.82) is 0 Å². The topological polar surface area (TPSA) is 68.0 Å². The van der Waals surface area contributed by atoms with Gasteiger partial charge in [0, 0.05) is 24.1 Å². The summed E-state index contributed by atoms with van der Waals surface area (Å²) in [6.07, 6.45) is 1.98. The van der Waals surface area contributed by atoms with E-state index in [0.717, 1.165) is 16.9 Å². The van der Waals surface area contributed by atoms with Gasteiger partial charge in [-0.05, 0) is 29.8 Å². The van der Waals surface area contributed by atoms with E-state index < -0.39 is 0 Å². The maximum Gasteiger partial charge on any atom is 0.226 e. The molecule has 2 aromatic rings. The SMILES string of the molecule is Nc1ccc(CNC(=O)Cc2ccccn2)cc1. The molecule has 0 aliphatic carbocycles. The number of pyridine rings is 1. The molecule has 1 amide bonds. The molecule has 92 valence electrons. The van der Waals surface area contributed by atoms with Crippen LogP contribution in [0, 0.1) is 0 Å². The summed E-state index contributed by atoms with van der Waals surface area (Å²) < 4.78 is 0. The van der Waals surface area contributed by atoms with Crippen molar-refractivity contribution < 1.29 is 4.79 Å². The summed E-state index contributed by atoms with van der Waals surface area (Å²) >= 11 is 0. The normalized spacial score (nSPS) is 10.0. The van der Waals surface area contributed by atoms with Crippen LogP contribution >= 0.6 is 0 Å². The Morgan fingerprint density at radius 2 is 1.94 bits per heavy atom. The second kappa shape index (κ2) is 5.82. The van der Waals surface area contributed by atoms with Crippen LogP contribution in [-0.4, -0.2) is 10.9 Å². The van der Waals surface area contributed by atoms with E-state index in [1.54, 1.807) is 6.20 Å². The Morgan fingerprint density at radius 1 is 1.17 bits per heavy atom. The van der Waals surface area contributed by atoms with Crippen molar-refractivity contribution in [3.8, 4) is 0 Å². The summed E-state index contributed by atoms with van der Waals surface area (Å²) in [5.41, 5.74) is 8.11. The molecule has 18 heavy (non-hydrogen) atoms. The van der Waals surface area contributed by atoms with Gasteiger partial charge in [0.1, 0.15) is 0 Å². The third-order valence-corrected chi connectivity index (χ3v) is 2.54. The standard InChI is InChI=1S/C14H15N3O/c15-12-6-4-11(5-7-12)10-17-14(18)9-13-3-1-2-8-16-13/h1-8H,9-10,15H2,(H,17,18). The summed E-state index contributed by atoms with van der Waals surface area (Å²) in [6.45, 7) is 0.506. The van der Waals surface area contributed by atoms with Crippen molar-refractivity contribution in [2.75, 3.05) is 5.73 Å². The van der Waals surface area contributed by atoms with Gasteiger partial charge in [0.2, 0.25) is 5.91 Å². The maximum atomic E-state index is 11.7. The van der Waals surface area contributed by atoms with E-state index in [0.29, 0.717) is 13.0 Å². The van der Waals surface area contributed by atoms with Crippen LogP contribution in [0.1, 0.15) is 11.3 Å². The molecule has 2 rings (SSSR count). The molecule has 0 aliphatic heterocycles. The number of hydrogen-bond donors (Lipinski definition) is 2. The van der Waals surface area contributed by atoms with E-state index in [4.69, 9.17) is 5.73 Å². The van der Waals surface area contributed by atoms with Gasteiger partial charge in [0.25, 0.3) is 0 Å². The van der Waals surface area contributed by atoms with E-state index in [1.807, 2.05) is 42.5 Å². The quantitative estimate of drug-likeness (QED) is 0.797. The number of nitrogen functional groups attached to an aromatic ring is 1. The van der Waals surface area contributed by atoms with Gasteiger partial charge in [-0.1, -0.05) is 18.2 Å². The highest BCUT2D eigenvalue weighted by molar-refractivity contribution is 5.78. The highest BCUT2D eigenvalue weighted by Gasteiger charge is 2.03. The molecular formula is C14H15N3O. The number of carbonyl (C=O) groups is 1. The first-order chi connectivity index (χ1) is 8.74. The van der Waals surface area contributed by atoms with E-state index in [2.05, 4.69) is 10.3 Å². The van der Waals surface area contributed by atoms with Crippen LogP contribution in [0.4, 0.5) is 5.69 Å². The van der Waals surface area contributed by atoms with E-state index in [1.165, 1.54) is 0 Å². The van der Waals surface area contributed by atoms with Crippen LogP contribution in [0.25, 0.3) is 0 Å². The molecule has 1 aromatic heterocycles. The number of amides is 1. The first-order valence-electron chi connectivity index (χ1n) is 5.75. The number of benzene rings is 1. The lowest BCUT2D eigenvalue weighted by Crippen LogP contribution is -2.24. The number of nitrogens with two attached hydrogens (primary N) is 1. The lowest BCUT2D eigenvalue weighted by atomic mass is 10.2. The van der Waals surface area contributed by atoms with Crippen LogP contribution in [0.15, 0.2) is 48.7 Å². The maximum absolute atomic E-state index is 11.7. The smallest absolute Gasteiger partial charge is 0.226 e. The second-order valence-electron chi connectivity index (χ2n) is 4.02. The fraction of sp³-hybridized carbons (Fsp3) is 0.143. The van der Waals surface area contributed by atoms with Crippen LogP contribution in [0.5, 0.6) is 0 Å². The Bertz CT molecular complexity index is 508. The Kier molecular flexibility index (Phi) is 3.91. The lowest BCUT2D eigenvalue weighted by Gasteiger charge is -2.05. The Hall–Kier alpha value is -2.36. The fourth-order valence-electron chi connectivity index (χ4n) is 1.57. The van der Waals surface area contributed by atoms with Gasteiger partial charge >= 0.3 is 0 Å². The van der Waals surface area contributed by atoms with Gasteiger partial charge in [-0.2, -0.15) is 0 Å². The minimum absolute atomic E-state index is 0.0366. The van der Waals surface area contributed by atoms with Crippen LogP contribution in [0.3, 0.4) is 0 Å². The highest BCUT2D eigenvalue weighted by Crippen LogP contribution is 2.05. The molecule has 0 bridgehead atoms. The van der Waals surface area contributed by atoms with Crippen molar-refractivity contribution in [2.24, 2.45) is 0 Å². The molecule has 0 radical (unpaired) electrons. The molecule has 0 saturated carbocycles. The zero-order valence-electron chi connectivity index (χ0n) is 9.97. The predicted octanol–water partition coefficient (Wildman–Crippen LogP) is 1.52. The number of anilines is 1. The molecule has 0 atom stereocenters. The molecular weight excluding hydrogens is 226 g/mol. The number of rotatable bonds is 4. The van der Waals surface area contributed by atoms with Crippen LogP contribution in [-0.2, 0) is 17.8 Å². The van der Waals surface area contributed by atoms with Crippen molar-refractivity contribution in [2.45, 2.75) is 13.0 Å². The Morgan fingerprint density at radius 3 is 2.61 bits per heavy atom. The highest BCUT2D eigenvalue weighted by atomic mass is 16.1. The van der Waals surface area contributed by atoms with E-state index in [9.17, 15) is 4.79 Å². The number of hydrogen-bond acceptors (Lipinski definition) is 3. The average molecular weight is 241 g/mol. The molecule has 0 saturated heterocycles. The zero-order chi connectivity index (χ0) is 12.8. The minimum atomic E-state index is -0.0366. The molecule has 4 nitrogen and oxygen atoms in total. The molecule has 0 unspecified atom stereocenters. The van der Waals surface area contributed by atoms with Gasteiger partial charge in [-0.25, -0.2) is 0 Å². The number of aromatic nitrogens is 1. The molecule has 0 aliphatic rings. The minimum Gasteiger partial charge on any atom is -0.399 e. The predicted molar refractivity (Wildman–Crippen MR) is 70.6 cm³/mol. The molecule has 4 heteroatoms. The van der Waals surface area contributed by atoms with Crippen LogP contribution in [0.2, 0.25) is 0 Å². The molecule has 0 spiro atoms. The van der Waals surface area contributed by atoms with Gasteiger partial charge in [-0.15, -0.1) is 0 Å². The molecule has 1 aromatic carbocycles. The third kappa shape index (κ3) is 3.59. The summed E-state index contributed by atoms with van der Waals surface area (Å²) in [4.78, 5) is 15.8. The zero-order valence-corrected chi connectivity index (χ0v) is 9.97. The van der Waals surface area contributed by atoms with E-state index in [-0.39, 0.29) is 5.91 Å². The largest absolute Gasteiger partial charge is 0.399 e. The first kappa shape index (κ1) is 12.1. The third-order valence-electron chi connectivity index (χ3n) is 2.54. The Balaban J connectivity index is 1.83. The van der Waals surface area contributed by atoms with Gasteiger partial charge in [0.15, 0.2) is 0 Å².